The summed E-state index contributed by atoms with van der Waals surface area (Å²) in [4.78, 5) is 22.7. The van der Waals surface area contributed by atoms with Crippen LogP contribution in [0.3, 0.4) is 0 Å². The molecular weight excluding hydrogens is 334 g/mol. The Morgan fingerprint density at radius 1 is 0.667 bits per heavy atom. The number of ketones is 1. The molecule has 0 aliphatic rings. The smallest absolute Gasteiger partial charge is 0.220 e. The van der Waals surface area contributed by atoms with E-state index in [0.717, 1.165) is 13.0 Å². The predicted molar refractivity (Wildman–Crippen MR) is 117 cm³/mol. The van der Waals surface area contributed by atoms with Crippen molar-refractivity contribution >= 4 is 11.7 Å². The molecule has 3 heteroatoms. The summed E-state index contributed by atoms with van der Waals surface area (Å²) in [6.45, 7) is 4.86. The van der Waals surface area contributed by atoms with Gasteiger partial charge in [0.05, 0.1) is 0 Å². The molecule has 0 aromatic carbocycles. The fourth-order valence-electron chi connectivity index (χ4n) is 3.12. The molecule has 3 nitrogen and oxygen atoms in total. The van der Waals surface area contributed by atoms with E-state index < -0.39 is 0 Å². The van der Waals surface area contributed by atoms with Gasteiger partial charge in [0.15, 0.2) is 0 Å². The zero-order valence-electron chi connectivity index (χ0n) is 18.2. The Balaban J connectivity index is 3.21. The highest BCUT2D eigenvalue weighted by molar-refractivity contribution is 5.84. The van der Waals surface area contributed by atoms with Crippen LogP contribution in [-0.4, -0.2) is 18.2 Å². The zero-order chi connectivity index (χ0) is 20.0. The fraction of sp³-hybridized carbons (Fsp3) is 0.833. The molecule has 0 bridgehead atoms. The molecule has 0 aliphatic carbocycles. The first-order valence-corrected chi connectivity index (χ1v) is 11.6. The number of allylic oxidation sites excluding steroid dienone is 2. The molecule has 0 aromatic heterocycles. The maximum absolute atomic E-state index is 11.6. The summed E-state index contributed by atoms with van der Waals surface area (Å²) in [6.07, 6.45) is 24.2. The number of nitrogens with one attached hydrogen (secondary N) is 1. The normalized spacial score (nSPS) is 11.2. The van der Waals surface area contributed by atoms with E-state index in [4.69, 9.17) is 0 Å². The number of Topliss-reactive ketones (excluding diaryl/α,β-unsaturated/α-hetero) is 1. The standard InChI is InChI=1S/C24H45NO2/c1-3-5-6-7-8-9-10-11-12-13-14-15-16-17-18-19-22-25-24(27)21-20-23(26)4-2/h11-12H,3-10,13-22H2,1-2H3,(H,25,27)/b12-11-. The molecule has 0 radical (unpaired) electrons. The van der Waals surface area contributed by atoms with E-state index in [1.807, 2.05) is 6.92 Å². The van der Waals surface area contributed by atoms with E-state index in [1.165, 1.54) is 83.5 Å². The van der Waals surface area contributed by atoms with E-state index in [9.17, 15) is 9.59 Å². The number of hydrogen-bond acceptors (Lipinski definition) is 2. The van der Waals surface area contributed by atoms with Crippen LogP contribution in [0.1, 0.15) is 123 Å². The van der Waals surface area contributed by atoms with Crippen LogP contribution in [0.25, 0.3) is 0 Å². The number of carbonyl (C=O) groups excluding carboxylic acids is 2. The Hall–Kier alpha value is -1.12. The van der Waals surface area contributed by atoms with Gasteiger partial charge in [0, 0.05) is 25.8 Å². The lowest BCUT2D eigenvalue weighted by atomic mass is 10.1. The Kier molecular flexibility index (Phi) is 20.3. The molecule has 0 saturated carbocycles. The second kappa shape index (κ2) is 21.2. The SMILES string of the molecule is CCCCCCCC/C=C\CCCCCCCCNC(=O)CCC(=O)CC. The summed E-state index contributed by atoms with van der Waals surface area (Å²) in [5.74, 6) is 0.187. The zero-order valence-corrected chi connectivity index (χ0v) is 18.2. The van der Waals surface area contributed by atoms with E-state index in [2.05, 4.69) is 24.4 Å². The first kappa shape index (κ1) is 25.9. The molecule has 0 atom stereocenters. The molecule has 0 aliphatic heterocycles. The monoisotopic (exact) mass is 379 g/mol. The molecular formula is C24H45NO2. The third kappa shape index (κ3) is 21.0. The molecule has 1 N–H and O–H groups in total. The minimum atomic E-state index is 0.0181. The quantitative estimate of drug-likeness (QED) is 0.185. The number of amides is 1. The second-order valence-electron chi connectivity index (χ2n) is 7.68. The second-order valence-corrected chi connectivity index (χ2v) is 7.68. The van der Waals surface area contributed by atoms with Crippen molar-refractivity contribution in [2.75, 3.05) is 6.54 Å². The highest BCUT2D eigenvalue weighted by Gasteiger charge is 2.04. The van der Waals surface area contributed by atoms with Crippen LogP contribution in [0.2, 0.25) is 0 Å². The summed E-state index contributed by atoms with van der Waals surface area (Å²) in [5, 5.41) is 2.91. The first-order chi connectivity index (χ1) is 13.2. The molecule has 0 rings (SSSR count). The van der Waals surface area contributed by atoms with Crippen molar-refractivity contribution in [3.05, 3.63) is 12.2 Å². The van der Waals surface area contributed by atoms with Crippen molar-refractivity contribution in [2.24, 2.45) is 0 Å². The van der Waals surface area contributed by atoms with E-state index in [-0.39, 0.29) is 11.7 Å². The van der Waals surface area contributed by atoms with Crippen LogP contribution in [0.5, 0.6) is 0 Å². The van der Waals surface area contributed by atoms with Gasteiger partial charge in [-0.1, -0.05) is 83.8 Å². The summed E-state index contributed by atoms with van der Waals surface area (Å²) in [6, 6.07) is 0. The van der Waals surface area contributed by atoms with Crippen molar-refractivity contribution in [1.29, 1.82) is 0 Å². The third-order valence-electron chi connectivity index (χ3n) is 5.04. The topological polar surface area (TPSA) is 46.2 Å². The van der Waals surface area contributed by atoms with Gasteiger partial charge in [-0.15, -0.1) is 0 Å². The largest absolute Gasteiger partial charge is 0.356 e. The Labute approximate surface area is 168 Å². The number of carbonyl (C=O) groups is 2. The number of unbranched alkanes of at least 4 members (excludes halogenated alkanes) is 12. The van der Waals surface area contributed by atoms with Crippen LogP contribution in [0.4, 0.5) is 0 Å². The molecule has 0 unspecified atom stereocenters. The highest BCUT2D eigenvalue weighted by atomic mass is 16.2. The van der Waals surface area contributed by atoms with Gasteiger partial charge in [-0.05, 0) is 32.1 Å². The third-order valence-corrected chi connectivity index (χ3v) is 5.04. The fourth-order valence-corrected chi connectivity index (χ4v) is 3.12. The highest BCUT2D eigenvalue weighted by Crippen LogP contribution is 2.09. The van der Waals surface area contributed by atoms with Crippen LogP contribution in [0.15, 0.2) is 12.2 Å². The van der Waals surface area contributed by atoms with E-state index in [1.54, 1.807) is 0 Å². The van der Waals surface area contributed by atoms with Gasteiger partial charge in [0.25, 0.3) is 0 Å². The molecule has 0 aromatic rings. The number of rotatable bonds is 20. The van der Waals surface area contributed by atoms with Crippen LogP contribution < -0.4 is 5.32 Å². The minimum absolute atomic E-state index is 0.0181. The Morgan fingerprint density at radius 2 is 1.19 bits per heavy atom. The molecule has 0 fully saturated rings. The molecule has 0 heterocycles. The molecule has 27 heavy (non-hydrogen) atoms. The van der Waals surface area contributed by atoms with Crippen LogP contribution >= 0.6 is 0 Å². The predicted octanol–water partition coefficient (Wildman–Crippen LogP) is 6.90. The van der Waals surface area contributed by atoms with Gasteiger partial charge in [-0.2, -0.15) is 0 Å². The van der Waals surface area contributed by atoms with Gasteiger partial charge >= 0.3 is 0 Å². The molecule has 1 amide bonds. The number of hydrogen-bond donors (Lipinski definition) is 1. The van der Waals surface area contributed by atoms with Crippen molar-refractivity contribution in [3.63, 3.8) is 0 Å². The maximum atomic E-state index is 11.6. The molecule has 158 valence electrons. The summed E-state index contributed by atoms with van der Waals surface area (Å²) in [5.41, 5.74) is 0. The van der Waals surface area contributed by atoms with Gasteiger partial charge in [-0.3, -0.25) is 9.59 Å². The Morgan fingerprint density at radius 3 is 1.74 bits per heavy atom. The summed E-state index contributed by atoms with van der Waals surface area (Å²) < 4.78 is 0. The lowest BCUT2D eigenvalue weighted by Gasteiger charge is -2.05. The first-order valence-electron chi connectivity index (χ1n) is 11.6. The summed E-state index contributed by atoms with van der Waals surface area (Å²) >= 11 is 0. The van der Waals surface area contributed by atoms with Gasteiger partial charge < -0.3 is 5.32 Å². The van der Waals surface area contributed by atoms with E-state index in [0.29, 0.717) is 19.3 Å². The average molecular weight is 380 g/mol. The lowest BCUT2D eigenvalue weighted by Crippen LogP contribution is -2.24. The summed E-state index contributed by atoms with van der Waals surface area (Å²) in [7, 11) is 0. The van der Waals surface area contributed by atoms with Crippen molar-refractivity contribution < 1.29 is 9.59 Å². The van der Waals surface area contributed by atoms with E-state index >= 15 is 0 Å². The minimum Gasteiger partial charge on any atom is -0.356 e. The van der Waals surface area contributed by atoms with Crippen molar-refractivity contribution in [1.82, 2.24) is 5.32 Å². The van der Waals surface area contributed by atoms with Crippen molar-refractivity contribution in [2.45, 2.75) is 123 Å². The van der Waals surface area contributed by atoms with Gasteiger partial charge in [0.1, 0.15) is 5.78 Å². The molecule has 0 saturated heterocycles. The van der Waals surface area contributed by atoms with Crippen LogP contribution in [-0.2, 0) is 9.59 Å². The average Bonchev–Trinajstić information content (AvgIpc) is 2.68. The van der Waals surface area contributed by atoms with Crippen LogP contribution in [0, 0.1) is 0 Å². The van der Waals surface area contributed by atoms with Gasteiger partial charge in [-0.25, -0.2) is 0 Å². The maximum Gasteiger partial charge on any atom is 0.220 e. The lowest BCUT2D eigenvalue weighted by molar-refractivity contribution is -0.125. The van der Waals surface area contributed by atoms with Crippen molar-refractivity contribution in [3.8, 4) is 0 Å². The Bertz CT molecular complexity index is 377. The molecule has 0 spiro atoms. The van der Waals surface area contributed by atoms with Gasteiger partial charge in [0.2, 0.25) is 5.91 Å².